The Morgan fingerprint density at radius 1 is 0.160 bits per heavy atom. The van der Waals surface area contributed by atoms with Gasteiger partial charge in [0, 0.05) is 0 Å². The van der Waals surface area contributed by atoms with Crippen molar-refractivity contribution in [3.63, 3.8) is 0 Å². The van der Waals surface area contributed by atoms with Crippen molar-refractivity contribution < 1.29 is 0 Å². The van der Waals surface area contributed by atoms with Crippen molar-refractivity contribution in [2.75, 3.05) is 37.0 Å². The smallest absolute Gasteiger partial charge is 0.0326 e. The SMILES string of the molecule is CCCCCCCCCCP(CCCCCCCCCC)CCCCCCCCP(CCCCCCCCCC)CCCCCCCCCC. The molecule has 0 aliphatic heterocycles. The molecular weight excluding hydrogens is 638 g/mol. The standard InChI is InChI=1S/C48H100P2/c1-5-9-13-17-21-25-31-37-43-49(44-38-32-26-22-18-14-10-6-2)47-41-35-29-30-36-42-48-50(45-39-33-27-23-19-15-11-7-3)46-40-34-28-24-20-16-12-8-4/h5-48H2,1-4H3. The highest BCUT2D eigenvalue weighted by Gasteiger charge is 2.10. The summed E-state index contributed by atoms with van der Waals surface area (Å²) in [6.07, 6.45) is 66.2. The van der Waals surface area contributed by atoms with Gasteiger partial charge in [0.1, 0.15) is 0 Å². The molecule has 0 aromatic carbocycles. The van der Waals surface area contributed by atoms with Gasteiger partial charge in [-0.1, -0.05) is 233 Å². The van der Waals surface area contributed by atoms with Crippen LogP contribution in [0, 0.1) is 0 Å². The largest absolute Gasteiger partial charge is 0.107 e. The first kappa shape index (κ1) is 50.9. The first-order chi connectivity index (χ1) is 24.8. The van der Waals surface area contributed by atoms with E-state index in [0.717, 1.165) is 0 Å². The molecule has 0 spiro atoms. The van der Waals surface area contributed by atoms with Crippen molar-refractivity contribution >= 4 is 15.8 Å². The highest BCUT2D eigenvalue weighted by atomic mass is 31.1. The van der Waals surface area contributed by atoms with Crippen LogP contribution in [-0.4, -0.2) is 37.0 Å². The minimum Gasteiger partial charge on any atom is -0.107 e. The molecule has 0 aliphatic rings. The predicted molar refractivity (Wildman–Crippen MR) is 241 cm³/mol. The van der Waals surface area contributed by atoms with E-state index >= 15 is 0 Å². The fourth-order valence-electron chi connectivity index (χ4n) is 7.93. The van der Waals surface area contributed by atoms with E-state index in [0.29, 0.717) is 15.8 Å². The molecule has 2 heteroatoms. The monoisotopic (exact) mass is 739 g/mol. The zero-order chi connectivity index (χ0) is 36.3. The zero-order valence-electron chi connectivity index (χ0n) is 36.0. The molecule has 302 valence electrons. The van der Waals surface area contributed by atoms with Gasteiger partial charge < -0.3 is 0 Å². The molecule has 0 radical (unpaired) electrons. The van der Waals surface area contributed by atoms with Gasteiger partial charge in [0.25, 0.3) is 0 Å². The summed E-state index contributed by atoms with van der Waals surface area (Å²) < 4.78 is 0. The first-order valence-corrected chi connectivity index (χ1v) is 28.0. The van der Waals surface area contributed by atoms with E-state index in [4.69, 9.17) is 0 Å². The van der Waals surface area contributed by atoms with Crippen LogP contribution in [-0.2, 0) is 0 Å². The Morgan fingerprint density at radius 2 is 0.280 bits per heavy atom. The molecule has 0 aromatic rings. The minimum absolute atomic E-state index is 0.319. The molecule has 50 heavy (non-hydrogen) atoms. The van der Waals surface area contributed by atoms with Crippen LogP contribution in [0.4, 0.5) is 0 Å². The Labute approximate surface area is 323 Å². The van der Waals surface area contributed by atoms with Crippen molar-refractivity contribution in [1.29, 1.82) is 0 Å². The second-order valence-corrected chi connectivity index (χ2v) is 22.1. The van der Waals surface area contributed by atoms with Crippen LogP contribution >= 0.6 is 15.8 Å². The molecule has 0 unspecified atom stereocenters. The van der Waals surface area contributed by atoms with Gasteiger partial charge in [0.2, 0.25) is 0 Å². The first-order valence-electron chi connectivity index (χ1n) is 24.2. The lowest BCUT2D eigenvalue weighted by Crippen LogP contribution is -1.98. The Balaban J connectivity index is 4.27. The van der Waals surface area contributed by atoms with Gasteiger partial charge >= 0.3 is 0 Å². The number of rotatable bonds is 45. The third-order valence-electron chi connectivity index (χ3n) is 11.5. The maximum absolute atomic E-state index is 2.34. The number of unbranched alkanes of at least 4 members (excludes halogenated alkanes) is 33. The normalized spacial score (nSPS) is 11.9. The van der Waals surface area contributed by atoms with Crippen molar-refractivity contribution in [2.24, 2.45) is 0 Å². The molecule has 0 amide bonds. The molecule has 0 aromatic heterocycles. The average molecular weight is 739 g/mol. The van der Waals surface area contributed by atoms with Crippen LogP contribution in [0.5, 0.6) is 0 Å². The lowest BCUT2D eigenvalue weighted by atomic mass is 10.1. The summed E-state index contributed by atoms with van der Waals surface area (Å²) in [5.41, 5.74) is 0. The third-order valence-corrected chi connectivity index (χ3v) is 17.2. The molecule has 0 fully saturated rings. The van der Waals surface area contributed by atoms with E-state index in [-0.39, 0.29) is 0 Å². The predicted octanol–water partition coefficient (Wildman–Crippen LogP) is 18.9. The van der Waals surface area contributed by atoms with Crippen LogP contribution in [0.1, 0.15) is 272 Å². The lowest BCUT2D eigenvalue weighted by molar-refractivity contribution is 0.583. The van der Waals surface area contributed by atoms with Gasteiger partial charge in [-0.2, -0.15) is 0 Å². The summed E-state index contributed by atoms with van der Waals surface area (Å²) in [5.74, 6) is 0. The zero-order valence-corrected chi connectivity index (χ0v) is 37.8. The molecule has 0 N–H and O–H groups in total. The van der Waals surface area contributed by atoms with Gasteiger partial charge in [-0.3, -0.25) is 0 Å². The fraction of sp³-hybridized carbons (Fsp3) is 1.00. The van der Waals surface area contributed by atoms with Gasteiger partial charge in [-0.15, -0.1) is 15.8 Å². The van der Waals surface area contributed by atoms with Crippen LogP contribution in [0.2, 0.25) is 0 Å². The van der Waals surface area contributed by atoms with E-state index in [1.807, 2.05) is 0 Å². The summed E-state index contributed by atoms with van der Waals surface area (Å²) in [4.78, 5) is 0. The quantitative estimate of drug-likeness (QED) is 0.0431. The van der Waals surface area contributed by atoms with E-state index in [1.54, 1.807) is 49.8 Å². The van der Waals surface area contributed by atoms with Gasteiger partial charge in [0.05, 0.1) is 0 Å². The van der Waals surface area contributed by atoms with Gasteiger partial charge in [-0.05, 0) is 75.5 Å². The second-order valence-electron chi connectivity index (χ2n) is 16.7. The molecule has 0 nitrogen and oxygen atoms in total. The van der Waals surface area contributed by atoms with E-state index < -0.39 is 0 Å². The van der Waals surface area contributed by atoms with Crippen molar-refractivity contribution in [3.05, 3.63) is 0 Å². The van der Waals surface area contributed by atoms with E-state index in [9.17, 15) is 0 Å². The Bertz CT molecular complexity index is 487. The Kier molecular flexibility index (Phi) is 46.8. The number of hydrogen-bond acceptors (Lipinski definition) is 0. The topological polar surface area (TPSA) is 0 Å². The molecule has 0 rings (SSSR count). The van der Waals surface area contributed by atoms with Crippen LogP contribution in [0.3, 0.4) is 0 Å². The lowest BCUT2D eigenvalue weighted by Gasteiger charge is -2.19. The Hall–Kier alpha value is 0.860. The van der Waals surface area contributed by atoms with Gasteiger partial charge in [0.15, 0.2) is 0 Å². The summed E-state index contributed by atoms with van der Waals surface area (Å²) in [5, 5.41) is 0. The van der Waals surface area contributed by atoms with Crippen LogP contribution in [0.15, 0.2) is 0 Å². The minimum atomic E-state index is 0.319. The molecule has 0 atom stereocenters. The molecule has 0 heterocycles. The Morgan fingerprint density at radius 3 is 0.420 bits per heavy atom. The molecule has 0 aliphatic carbocycles. The van der Waals surface area contributed by atoms with Crippen molar-refractivity contribution in [2.45, 2.75) is 272 Å². The summed E-state index contributed by atoms with van der Waals surface area (Å²) in [7, 11) is 0.637. The highest BCUT2D eigenvalue weighted by Crippen LogP contribution is 2.41. The van der Waals surface area contributed by atoms with Crippen LogP contribution < -0.4 is 0 Å². The molecular formula is C48H100P2. The maximum Gasteiger partial charge on any atom is -0.0326 e. The fourth-order valence-corrected chi connectivity index (χ4v) is 13.3. The van der Waals surface area contributed by atoms with Gasteiger partial charge in [-0.25, -0.2) is 0 Å². The van der Waals surface area contributed by atoms with Crippen molar-refractivity contribution in [1.82, 2.24) is 0 Å². The van der Waals surface area contributed by atoms with E-state index in [1.165, 1.54) is 231 Å². The molecule has 0 saturated heterocycles. The highest BCUT2D eigenvalue weighted by molar-refractivity contribution is 7.57. The average Bonchev–Trinajstić information content (AvgIpc) is 3.13. The second kappa shape index (κ2) is 46.0. The molecule has 0 bridgehead atoms. The number of hydrogen-bond donors (Lipinski definition) is 0. The van der Waals surface area contributed by atoms with E-state index in [2.05, 4.69) is 27.7 Å². The van der Waals surface area contributed by atoms with Crippen LogP contribution in [0.25, 0.3) is 0 Å². The third kappa shape index (κ3) is 41.6. The molecule has 0 saturated carbocycles. The summed E-state index contributed by atoms with van der Waals surface area (Å²) in [6.45, 7) is 9.35. The summed E-state index contributed by atoms with van der Waals surface area (Å²) in [6, 6.07) is 0. The van der Waals surface area contributed by atoms with Crippen molar-refractivity contribution in [3.8, 4) is 0 Å². The maximum atomic E-state index is 2.34. The summed E-state index contributed by atoms with van der Waals surface area (Å²) >= 11 is 0.